The Labute approximate surface area is 92.5 Å². The first-order valence-electron chi connectivity index (χ1n) is 5.41. The van der Waals surface area contributed by atoms with Crippen molar-refractivity contribution in [2.24, 2.45) is 16.1 Å². The number of nitrogens with zero attached hydrogens (tertiary/aromatic N) is 2. The minimum atomic E-state index is -0.163. The summed E-state index contributed by atoms with van der Waals surface area (Å²) in [5.74, 6) is 0.565. The molecule has 0 radical (unpaired) electrons. The van der Waals surface area contributed by atoms with E-state index in [9.17, 15) is 4.79 Å². The zero-order valence-corrected chi connectivity index (χ0v) is 10.5. The van der Waals surface area contributed by atoms with Crippen LogP contribution in [-0.2, 0) is 4.79 Å². The highest BCUT2D eigenvalue weighted by atomic mass is 16.2. The molecule has 1 amide bonds. The molecule has 0 unspecified atom stereocenters. The second kappa shape index (κ2) is 5.73. The number of hydrogen-bond donors (Lipinski definition) is 1. The maximum atomic E-state index is 11.6. The van der Waals surface area contributed by atoms with Crippen molar-refractivity contribution in [1.82, 2.24) is 4.90 Å². The number of carbonyl (C=O) groups is 1. The van der Waals surface area contributed by atoms with E-state index in [1.807, 2.05) is 34.6 Å². The summed E-state index contributed by atoms with van der Waals surface area (Å²) in [6.07, 6.45) is 0. The van der Waals surface area contributed by atoms with Gasteiger partial charge in [-0.1, -0.05) is 20.8 Å². The molecule has 0 aliphatic heterocycles. The van der Waals surface area contributed by atoms with Crippen molar-refractivity contribution in [1.29, 1.82) is 0 Å². The Morgan fingerprint density at radius 1 is 1.27 bits per heavy atom. The van der Waals surface area contributed by atoms with Crippen LogP contribution >= 0.6 is 0 Å². The third-order valence-corrected chi connectivity index (χ3v) is 2.27. The smallest absolute Gasteiger partial charge is 0.244 e. The monoisotopic (exact) mass is 213 g/mol. The van der Waals surface area contributed by atoms with E-state index in [0.29, 0.717) is 5.84 Å². The van der Waals surface area contributed by atoms with Crippen molar-refractivity contribution in [2.45, 2.75) is 34.6 Å². The van der Waals surface area contributed by atoms with E-state index in [4.69, 9.17) is 5.73 Å². The maximum absolute atomic E-state index is 11.6. The fourth-order valence-corrected chi connectivity index (χ4v) is 1.07. The Hall–Kier alpha value is -1.06. The molecule has 0 aliphatic rings. The van der Waals surface area contributed by atoms with Gasteiger partial charge in [-0.3, -0.25) is 9.79 Å². The first-order valence-corrected chi connectivity index (χ1v) is 5.41. The van der Waals surface area contributed by atoms with Gasteiger partial charge in [-0.15, -0.1) is 0 Å². The Morgan fingerprint density at radius 2 is 1.73 bits per heavy atom. The van der Waals surface area contributed by atoms with Crippen LogP contribution < -0.4 is 5.73 Å². The van der Waals surface area contributed by atoms with Gasteiger partial charge >= 0.3 is 0 Å². The molecule has 0 heterocycles. The van der Waals surface area contributed by atoms with Gasteiger partial charge in [-0.05, 0) is 13.8 Å². The van der Waals surface area contributed by atoms with Crippen LogP contribution in [0.4, 0.5) is 0 Å². The van der Waals surface area contributed by atoms with Crippen molar-refractivity contribution in [3.63, 3.8) is 0 Å². The summed E-state index contributed by atoms with van der Waals surface area (Å²) in [6, 6.07) is 0. The predicted octanol–water partition coefficient (Wildman–Crippen LogP) is 1.26. The summed E-state index contributed by atoms with van der Waals surface area (Å²) in [6.45, 7) is 11.5. The largest absolute Gasteiger partial charge is 0.387 e. The highest BCUT2D eigenvalue weighted by Crippen LogP contribution is 2.12. The molecular weight excluding hydrogens is 190 g/mol. The Bertz CT molecular complexity index is 237. The van der Waals surface area contributed by atoms with Gasteiger partial charge in [0.1, 0.15) is 6.54 Å². The van der Waals surface area contributed by atoms with Crippen LogP contribution in [0.5, 0.6) is 0 Å². The van der Waals surface area contributed by atoms with Crippen LogP contribution in [0.1, 0.15) is 34.6 Å². The van der Waals surface area contributed by atoms with Crippen molar-refractivity contribution in [3.05, 3.63) is 0 Å². The first kappa shape index (κ1) is 13.9. The van der Waals surface area contributed by atoms with Crippen LogP contribution in [0, 0.1) is 5.41 Å². The van der Waals surface area contributed by atoms with Gasteiger partial charge < -0.3 is 10.6 Å². The highest BCUT2D eigenvalue weighted by Gasteiger charge is 2.16. The predicted molar refractivity (Wildman–Crippen MR) is 63.9 cm³/mol. The molecule has 0 aromatic carbocycles. The first-order chi connectivity index (χ1) is 6.82. The normalized spacial score (nSPS) is 12.7. The number of nitrogens with two attached hydrogens (primary N) is 1. The molecule has 0 saturated heterocycles. The van der Waals surface area contributed by atoms with Gasteiger partial charge in [-0.25, -0.2) is 0 Å². The van der Waals surface area contributed by atoms with Crippen molar-refractivity contribution < 1.29 is 4.79 Å². The van der Waals surface area contributed by atoms with Crippen LogP contribution in [-0.4, -0.2) is 36.3 Å². The SMILES string of the molecule is CCN(CC)C(=O)CN=C(N)C(C)(C)C. The quantitative estimate of drug-likeness (QED) is 0.564. The lowest BCUT2D eigenvalue weighted by Crippen LogP contribution is -2.35. The lowest BCUT2D eigenvalue weighted by Gasteiger charge is -2.20. The average molecular weight is 213 g/mol. The Kier molecular flexibility index (Phi) is 5.33. The summed E-state index contributed by atoms with van der Waals surface area (Å²) in [5.41, 5.74) is 5.60. The molecule has 0 atom stereocenters. The van der Waals surface area contributed by atoms with E-state index in [-0.39, 0.29) is 17.9 Å². The standard InChI is InChI=1S/C11H23N3O/c1-6-14(7-2)9(15)8-13-10(12)11(3,4)5/h6-8H2,1-5H3,(H2,12,13). The zero-order valence-electron chi connectivity index (χ0n) is 10.5. The van der Waals surface area contributed by atoms with Gasteiger partial charge in [0.25, 0.3) is 0 Å². The van der Waals surface area contributed by atoms with Gasteiger partial charge in [0.15, 0.2) is 0 Å². The molecule has 0 rings (SSSR count). The minimum absolute atomic E-state index is 0.0344. The maximum Gasteiger partial charge on any atom is 0.244 e. The summed E-state index contributed by atoms with van der Waals surface area (Å²) >= 11 is 0. The number of carbonyl (C=O) groups excluding carboxylic acids is 1. The van der Waals surface area contributed by atoms with Crippen molar-refractivity contribution in [2.75, 3.05) is 19.6 Å². The fraction of sp³-hybridized carbons (Fsp3) is 0.818. The van der Waals surface area contributed by atoms with Crippen molar-refractivity contribution in [3.8, 4) is 0 Å². The Balaban J connectivity index is 4.32. The van der Waals surface area contributed by atoms with E-state index < -0.39 is 0 Å². The molecule has 0 aliphatic carbocycles. The number of amidine groups is 1. The highest BCUT2D eigenvalue weighted by molar-refractivity contribution is 5.88. The molecule has 4 heteroatoms. The van der Waals surface area contributed by atoms with E-state index in [1.165, 1.54) is 0 Å². The molecule has 2 N–H and O–H groups in total. The molecule has 15 heavy (non-hydrogen) atoms. The molecule has 4 nitrogen and oxygen atoms in total. The molecule has 0 aromatic heterocycles. The average Bonchev–Trinajstić information content (AvgIpc) is 2.14. The summed E-state index contributed by atoms with van der Waals surface area (Å²) < 4.78 is 0. The number of hydrogen-bond acceptors (Lipinski definition) is 2. The minimum Gasteiger partial charge on any atom is -0.387 e. The van der Waals surface area contributed by atoms with Crippen LogP contribution in [0.15, 0.2) is 4.99 Å². The fourth-order valence-electron chi connectivity index (χ4n) is 1.07. The second-order valence-corrected chi connectivity index (χ2v) is 4.52. The van der Waals surface area contributed by atoms with E-state index in [0.717, 1.165) is 13.1 Å². The molecular formula is C11H23N3O. The third kappa shape index (κ3) is 4.81. The van der Waals surface area contributed by atoms with Gasteiger partial charge in [-0.2, -0.15) is 0 Å². The molecule has 0 aromatic rings. The van der Waals surface area contributed by atoms with E-state index >= 15 is 0 Å². The van der Waals surface area contributed by atoms with Gasteiger partial charge in [0.2, 0.25) is 5.91 Å². The third-order valence-electron chi connectivity index (χ3n) is 2.27. The zero-order chi connectivity index (χ0) is 12.1. The van der Waals surface area contributed by atoms with Crippen LogP contribution in [0.3, 0.4) is 0 Å². The van der Waals surface area contributed by atoms with Crippen molar-refractivity contribution >= 4 is 11.7 Å². The Morgan fingerprint density at radius 3 is 2.07 bits per heavy atom. The number of likely N-dealkylation sites (N-methyl/N-ethyl adjacent to an activating group) is 1. The summed E-state index contributed by atoms with van der Waals surface area (Å²) in [5, 5.41) is 0. The number of amides is 1. The molecule has 0 spiro atoms. The second-order valence-electron chi connectivity index (χ2n) is 4.52. The molecule has 88 valence electrons. The summed E-state index contributed by atoms with van der Waals surface area (Å²) in [4.78, 5) is 17.5. The molecule has 0 saturated carbocycles. The summed E-state index contributed by atoms with van der Waals surface area (Å²) in [7, 11) is 0. The van der Waals surface area contributed by atoms with E-state index in [1.54, 1.807) is 4.90 Å². The van der Waals surface area contributed by atoms with Gasteiger partial charge in [0, 0.05) is 18.5 Å². The number of aliphatic imine (C=N–C) groups is 1. The van der Waals surface area contributed by atoms with Crippen LogP contribution in [0.2, 0.25) is 0 Å². The number of rotatable bonds is 4. The molecule has 0 fully saturated rings. The lowest BCUT2D eigenvalue weighted by atomic mass is 9.95. The topological polar surface area (TPSA) is 58.7 Å². The van der Waals surface area contributed by atoms with Gasteiger partial charge in [0.05, 0.1) is 5.84 Å². The van der Waals surface area contributed by atoms with Crippen LogP contribution in [0.25, 0.3) is 0 Å². The molecule has 0 bridgehead atoms. The lowest BCUT2D eigenvalue weighted by molar-refractivity contribution is -0.129. The van der Waals surface area contributed by atoms with E-state index in [2.05, 4.69) is 4.99 Å².